The molecule has 1 amide bonds. The molecule has 8 heteroatoms. The molecule has 1 fully saturated rings. The third-order valence-corrected chi connectivity index (χ3v) is 6.54. The summed E-state index contributed by atoms with van der Waals surface area (Å²) in [6.07, 6.45) is 3.29. The second kappa shape index (κ2) is 8.07. The van der Waals surface area contributed by atoms with Gasteiger partial charge in [0.1, 0.15) is 0 Å². The van der Waals surface area contributed by atoms with E-state index < -0.39 is 10.0 Å². The maximum absolute atomic E-state index is 12.4. The van der Waals surface area contributed by atoms with E-state index in [1.807, 2.05) is 23.6 Å². The van der Waals surface area contributed by atoms with E-state index in [9.17, 15) is 13.2 Å². The van der Waals surface area contributed by atoms with Crippen molar-refractivity contribution in [1.82, 2.24) is 14.6 Å². The lowest BCUT2D eigenvalue weighted by molar-refractivity contribution is 0.0689. The maximum Gasteiger partial charge on any atom is 0.263 e. The van der Waals surface area contributed by atoms with Crippen LogP contribution in [-0.4, -0.2) is 43.1 Å². The van der Waals surface area contributed by atoms with Crippen LogP contribution in [0.15, 0.2) is 41.9 Å². The van der Waals surface area contributed by atoms with Gasteiger partial charge in [-0.15, -0.1) is 11.3 Å². The first-order valence-corrected chi connectivity index (χ1v) is 10.8. The number of carbonyl (C=O) groups excluding carboxylic acids is 1. The highest BCUT2D eigenvalue weighted by molar-refractivity contribution is 7.89. The van der Waals surface area contributed by atoms with Crippen LogP contribution in [0.1, 0.15) is 28.2 Å². The summed E-state index contributed by atoms with van der Waals surface area (Å²) in [6.45, 7) is 1.36. The van der Waals surface area contributed by atoms with Crippen molar-refractivity contribution in [2.24, 2.45) is 5.92 Å². The quantitative estimate of drug-likeness (QED) is 0.834. The minimum absolute atomic E-state index is 0.00135. The number of pyridine rings is 1. The van der Waals surface area contributed by atoms with Gasteiger partial charge in [-0.3, -0.25) is 9.78 Å². The molecule has 1 aliphatic heterocycles. The summed E-state index contributed by atoms with van der Waals surface area (Å²) in [5.41, 5.74) is 0.684. The van der Waals surface area contributed by atoms with E-state index in [0.717, 1.165) is 12.8 Å². The van der Waals surface area contributed by atoms with Gasteiger partial charge in [0, 0.05) is 19.3 Å². The molecule has 25 heavy (non-hydrogen) atoms. The number of amides is 1. The Morgan fingerprint density at radius 2 is 2.20 bits per heavy atom. The molecule has 2 aromatic rings. The first kappa shape index (κ1) is 18.0. The Hall–Kier alpha value is -1.77. The van der Waals surface area contributed by atoms with Gasteiger partial charge in [-0.2, -0.15) is 0 Å². The number of nitrogens with one attached hydrogen (secondary N) is 1. The van der Waals surface area contributed by atoms with Crippen LogP contribution in [0.2, 0.25) is 0 Å². The number of nitrogens with zero attached hydrogens (tertiary/aromatic N) is 2. The van der Waals surface area contributed by atoms with Crippen LogP contribution in [0, 0.1) is 5.92 Å². The highest BCUT2D eigenvalue weighted by atomic mass is 32.2. The van der Waals surface area contributed by atoms with Crippen molar-refractivity contribution in [1.29, 1.82) is 0 Å². The SMILES string of the molecule is O=C(c1cccs1)N1CCC[C@@H](CS(=O)(=O)NCc2ccccn2)C1. The summed E-state index contributed by atoms with van der Waals surface area (Å²) in [5.74, 6) is -0.00827. The lowest BCUT2D eigenvalue weighted by Crippen LogP contribution is -2.43. The molecular formula is C17H21N3O3S2. The molecule has 0 saturated carbocycles. The number of likely N-dealkylation sites (tertiary alicyclic amines) is 1. The van der Waals surface area contributed by atoms with Crippen LogP contribution >= 0.6 is 11.3 Å². The van der Waals surface area contributed by atoms with E-state index in [0.29, 0.717) is 23.7 Å². The highest BCUT2D eigenvalue weighted by Crippen LogP contribution is 2.21. The average molecular weight is 380 g/mol. The second-order valence-electron chi connectivity index (χ2n) is 6.16. The van der Waals surface area contributed by atoms with E-state index in [1.54, 1.807) is 23.2 Å². The van der Waals surface area contributed by atoms with Crippen LogP contribution < -0.4 is 4.72 Å². The van der Waals surface area contributed by atoms with Crippen LogP contribution in [0.25, 0.3) is 0 Å². The van der Waals surface area contributed by atoms with E-state index in [1.165, 1.54) is 11.3 Å². The zero-order chi connectivity index (χ0) is 17.7. The van der Waals surface area contributed by atoms with Crippen molar-refractivity contribution in [3.63, 3.8) is 0 Å². The van der Waals surface area contributed by atoms with Crippen molar-refractivity contribution >= 4 is 27.3 Å². The van der Waals surface area contributed by atoms with Gasteiger partial charge in [0.25, 0.3) is 5.91 Å². The van der Waals surface area contributed by atoms with Gasteiger partial charge < -0.3 is 4.90 Å². The smallest absolute Gasteiger partial charge is 0.263 e. The number of hydrogen-bond acceptors (Lipinski definition) is 5. The molecule has 1 atom stereocenters. The Kier molecular flexibility index (Phi) is 5.82. The van der Waals surface area contributed by atoms with Crippen LogP contribution in [0.5, 0.6) is 0 Å². The molecule has 3 rings (SSSR count). The Balaban J connectivity index is 1.55. The molecule has 0 radical (unpaired) electrons. The molecule has 0 aliphatic carbocycles. The Morgan fingerprint density at radius 1 is 1.32 bits per heavy atom. The zero-order valence-electron chi connectivity index (χ0n) is 13.8. The van der Waals surface area contributed by atoms with Crippen molar-refractivity contribution in [2.75, 3.05) is 18.8 Å². The van der Waals surface area contributed by atoms with Gasteiger partial charge in [0.2, 0.25) is 10.0 Å². The lowest BCUT2D eigenvalue weighted by atomic mass is 10.00. The number of carbonyl (C=O) groups is 1. The summed E-state index contributed by atoms with van der Waals surface area (Å²) in [7, 11) is -3.41. The van der Waals surface area contributed by atoms with Crippen LogP contribution in [-0.2, 0) is 16.6 Å². The summed E-state index contributed by atoms with van der Waals surface area (Å²) in [6, 6.07) is 9.06. The van der Waals surface area contributed by atoms with Crippen LogP contribution in [0.4, 0.5) is 0 Å². The number of piperidine rings is 1. The molecule has 2 aromatic heterocycles. The van der Waals surface area contributed by atoms with Gasteiger partial charge >= 0.3 is 0 Å². The Labute approximate surface area is 151 Å². The van der Waals surface area contributed by atoms with E-state index in [4.69, 9.17) is 0 Å². The van der Waals surface area contributed by atoms with E-state index in [-0.39, 0.29) is 24.1 Å². The third-order valence-electron chi connectivity index (χ3n) is 4.19. The molecule has 3 heterocycles. The largest absolute Gasteiger partial charge is 0.338 e. The van der Waals surface area contributed by atoms with Gasteiger partial charge in [-0.1, -0.05) is 12.1 Å². The first-order chi connectivity index (χ1) is 12.0. The fraction of sp³-hybridized carbons (Fsp3) is 0.412. The highest BCUT2D eigenvalue weighted by Gasteiger charge is 2.28. The van der Waals surface area contributed by atoms with Crippen molar-refractivity contribution < 1.29 is 13.2 Å². The van der Waals surface area contributed by atoms with Crippen molar-refractivity contribution in [2.45, 2.75) is 19.4 Å². The zero-order valence-corrected chi connectivity index (χ0v) is 15.4. The molecule has 134 valence electrons. The number of thiophene rings is 1. The number of aromatic nitrogens is 1. The molecule has 0 bridgehead atoms. The second-order valence-corrected chi connectivity index (χ2v) is 8.96. The average Bonchev–Trinajstić information content (AvgIpc) is 3.15. The van der Waals surface area contributed by atoms with E-state index >= 15 is 0 Å². The number of rotatable bonds is 6. The van der Waals surface area contributed by atoms with Gasteiger partial charge in [-0.05, 0) is 42.3 Å². The summed E-state index contributed by atoms with van der Waals surface area (Å²) in [4.78, 5) is 19.0. The molecule has 1 saturated heterocycles. The summed E-state index contributed by atoms with van der Waals surface area (Å²) >= 11 is 1.42. The van der Waals surface area contributed by atoms with Crippen molar-refractivity contribution in [3.8, 4) is 0 Å². The molecule has 0 aromatic carbocycles. The topological polar surface area (TPSA) is 79.4 Å². The maximum atomic E-state index is 12.4. The normalized spacial score (nSPS) is 18.2. The fourth-order valence-electron chi connectivity index (χ4n) is 3.00. The molecule has 0 spiro atoms. The molecule has 1 N–H and O–H groups in total. The summed E-state index contributed by atoms with van der Waals surface area (Å²) in [5, 5.41) is 1.88. The molecule has 0 unspecified atom stereocenters. The lowest BCUT2D eigenvalue weighted by Gasteiger charge is -2.32. The Bertz CT molecular complexity index is 792. The Morgan fingerprint density at radius 3 is 2.92 bits per heavy atom. The fourth-order valence-corrected chi connectivity index (χ4v) is 5.07. The molecular weight excluding hydrogens is 358 g/mol. The van der Waals surface area contributed by atoms with E-state index in [2.05, 4.69) is 9.71 Å². The molecule has 1 aliphatic rings. The van der Waals surface area contributed by atoms with Gasteiger partial charge in [0.15, 0.2) is 0 Å². The van der Waals surface area contributed by atoms with Gasteiger partial charge in [0.05, 0.1) is 22.9 Å². The standard InChI is InChI=1S/C17H21N3O3S2/c21-17(16-7-4-10-24-16)20-9-3-5-14(12-20)13-25(22,23)19-11-15-6-1-2-8-18-15/h1-2,4,6-8,10,14,19H,3,5,9,11-13H2/t14-/m1/s1. The molecule has 6 nitrogen and oxygen atoms in total. The first-order valence-electron chi connectivity index (χ1n) is 8.23. The predicted molar refractivity (Wildman–Crippen MR) is 97.8 cm³/mol. The predicted octanol–water partition coefficient (Wildman–Crippen LogP) is 2.11. The minimum Gasteiger partial charge on any atom is -0.338 e. The minimum atomic E-state index is -3.41. The van der Waals surface area contributed by atoms with Crippen molar-refractivity contribution in [3.05, 3.63) is 52.5 Å². The summed E-state index contributed by atoms with van der Waals surface area (Å²) < 4.78 is 27.3. The van der Waals surface area contributed by atoms with Crippen LogP contribution in [0.3, 0.4) is 0 Å². The monoisotopic (exact) mass is 379 g/mol. The number of hydrogen-bond donors (Lipinski definition) is 1. The van der Waals surface area contributed by atoms with Gasteiger partial charge in [-0.25, -0.2) is 13.1 Å². The number of sulfonamides is 1. The third kappa shape index (κ3) is 5.10.